The zero-order chi connectivity index (χ0) is 15.5. The zero-order valence-electron chi connectivity index (χ0n) is 12.1. The van der Waals surface area contributed by atoms with Crippen LogP contribution in [0.15, 0.2) is 42.5 Å². The number of ether oxygens (including phenoxy) is 2. The Morgan fingerprint density at radius 1 is 1.18 bits per heavy atom. The van der Waals surface area contributed by atoms with Crippen molar-refractivity contribution in [1.29, 1.82) is 0 Å². The number of hydrogen-bond acceptors (Lipinski definition) is 3. The standard InChI is InChI=1S/C17H16FNO3/c1-11(12-2-5-14(18)6-3-12)9-19-17(20)13-4-7-15-16(8-13)22-10-21-15/h2-8,11H,9-10H2,1H3,(H,19,20). The Morgan fingerprint density at radius 2 is 1.91 bits per heavy atom. The predicted molar refractivity (Wildman–Crippen MR) is 79.7 cm³/mol. The lowest BCUT2D eigenvalue weighted by molar-refractivity contribution is 0.0951. The monoisotopic (exact) mass is 301 g/mol. The Hall–Kier alpha value is -2.56. The summed E-state index contributed by atoms with van der Waals surface area (Å²) < 4.78 is 23.4. The quantitative estimate of drug-likeness (QED) is 0.944. The summed E-state index contributed by atoms with van der Waals surface area (Å²) in [6.45, 7) is 2.63. The van der Waals surface area contributed by atoms with Crippen LogP contribution in [0.4, 0.5) is 4.39 Å². The van der Waals surface area contributed by atoms with Crippen LogP contribution < -0.4 is 14.8 Å². The first-order valence-electron chi connectivity index (χ1n) is 7.07. The molecule has 2 aromatic rings. The van der Waals surface area contributed by atoms with E-state index in [1.807, 2.05) is 6.92 Å². The van der Waals surface area contributed by atoms with Gasteiger partial charge in [-0.2, -0.15) is 0 Å². The molecule has 3 rings (SSSR count). The maximum absolute atomic E-state index is 12.9. The van der Waals surface area contributed by atoms with Crippen LogP contribution in [-0.2, 0) is 0 Å². The van der Waals surface area contributed by atoms with Crippen LogP contribution in [0.1, 0.15) is 28.8 Å². The summed E-state index contributed by atoms with van der Waals surface area (Å²) in [7, 11) is 0. The number of benzene rings is 2. The Balaban J connectivity index is 1.61. The maximum atomic E-state index is 12.9. The molecule has 0 aromatic heterocycles. The molecule has 0 bridgehead atoms. The highest BCUT2D eigenvalue weighted by Gasteiger charge is 2.16. The first kappa shape index (κ1) is 14.4. The fraction of sp³-hybridized carbons (Fsp3) is 0.235. The summed E-state index contributed by atoms with van der Waals surface area (Å²) in [5, 5.41) is 2.87. The Bertz CT molecular complexity index is 685. The van der Waals surface area contributed by atoms with Crippen molar-refractivity contribution < 1.29 is 18.7 Å². The highest BCUT2D eigenvalue weighted by Crippen LogP contribution is 2.32. The second-order valence-electron chi connectivity index (χ2n) is 5.23. The van der Waals surface area contributed by atoms with E-state index < -0.39 is 0 Å². The van der Waals surface area contributed by atoms with E-state index in [-0.39, 0.29) is 24.4 Å². The summed E-state index contributed by atoms with van der Waals surface area (Å²) >= 11 is 0. The van der Waals surface area contributed by atoms with Crippen molar-refractivity contribution in [1.82, 2.24) is 5.32 Å². The van der Waals surface area contributed by atoms with E-state index in [9.17, 15) is 9.18 Å². The molecule has 4 nitrogen and oxygen atoms in total. The van der Waals surface area contributed by atoms with Crippen LogP contribution in [0.3, 0.4) is 0 Å². The summed E-state index contributed by atoms with van der Waals surface area (Å²) in [6, 6.07) is 11.4. The molecule has 1 unspecified atom stereocenters. The van der Waals surface area contributed by atoms with Crippen molar-refractivity contribution in [3.63, 3.8) is 0 Å². The van der Waals surface area contributed by atoms with E-state index in [1.165, 1.54) is 12.1 Å². The van der Waals surface area contributed by atoms with Crippen LogP contribution in [0, 0.1) is 5.82 Å². The molecule has 2 aromatic carbocycles. The van der Waals surface area contributed by atoms with Gasteiger partial charge in [0, 0.05) is 12.1 Å². The second-order valence-corrected chi connectivity index (χ2v) is 5.23. The first-order chi connectivity index (χ1) is 10.6. The Kier molecular flexibility index (Phi) is 3.96. The third-order valence-electron chi connectivity index (χ3n) is 3.64. The molecule has 1 aliphatic heterocycles. The lowest BCUT2D eigenvalue weighted by atomic mass is 10.0. The molecular formula is C17H16FNO3. The number of halogens is 1. The predicted octanol–water partition coefficient (Wildman–Crippen LogP) is 3.09. The maximum Gasteiger partial charge on any atom is 0.251 e. The van der Waals surface area contributed by atoms with Gasteiger partial charge in [-0.3, -0.25) is 4.79 Å². The van der Waals surface area contributed by atoms with Crippen LogP contribution in [0.25, 0.3) is 0 Å². The Morgan fingerprint density at radius 3 is 2.68 bits per heavy atom. The van der Waals surface area contributed by atoms with Gasteiger partial charge in [0.1, 0.15) is 5.82 Å². The molecule has 1 atom stereocenters. The molecule has 22 heavy (non-hydrogen) atoms. The molecule has 0 fully saturated rings. The molecule has 1 amide bonds. The number of nitrogens with one attached hydrogen (secondary N) is 1. The fourth-order valence-electron chi connectivity index (χ4n) is 2.29. The molecule has 0 saturated heterocycles. The molecule has 0 saturated carbocycles. The zero-order valence-corrected chi connectivity index (χ0v) is 12.1. The highest BCUT2D eigenvalue weighted by molar-refractivity contribution is 5.94. The van der Waals surface area contributed by atoms with E-state index in [2.05, 4.69) is 5.32 Å². The van der Waals surface area contributed by atoms with E-state index in [0.717, 1.165) is 5.56 Å². The molecule has 114 valence electrons. The molecule has 1 aliphatic rings. The lowest BCUT2D eigenvalue weighted by Crippen LogP contribution is -2.27. The third kappa shape index (κ3) is 3.03. The molecule has 0 radical (unpaired) electrons. The minimum Gasteiger partial charge on any atom is -0.454 e. The van der Waals surface area contributed by atoms with Gasteiger partial charge in [0.15, 0.2) is 11.5 Å². The Labute approximate surface area is 127 Å². The molecule has 5 heteroatoms. The van der Waals surface area contributed by atoms with Crippen LogP contribution in [0.2, 0.25) is 0 Å². The SMILES string of the molecule is CC(CNC(=O)c1ccc2c(c1)OCO2)c1ccc(F)cc1. The average molecular weight is 301 g/mol. The minimum absolute atomic E-state index is 0.0959. The van der Waals surface area contributed by atoms with Crippen molar-refractivity contribution in [2.75, 3.05) is 13.3 Å². The summed E-state index contributed by atoms with van der Waals surface area (Å²) in [5.41, 5.74) is 1.50. The number of hydrogen-bond donors (Lipinski definition) is 1. The van der Waals surface area contributed by atoms with Gasteiger partial charge in [-0.05, 0) is 41.8 Å². The van der Waals surface area contributed by atoms with Gasteiger partial charge in [-0.15, -0.1) is 0 Å². The van der Waals surface area contributed by atoms with E-state index in [0.29, 0.717) is 23.6 Å². The number of fused-ring (bicyclic) bond motifs is 1. The molecule has 1 heterocycles. The van der Waals surface area contributed by atoms with E-state index in [1.54, 1.807) is 30.3 Å². The molecule has 0 aliphatic carbocycles. The number of carbonyl (C=O) groups is 1. The largest absolute Gasteiger partial charge is 0.454 e. The first-order valence-corrected chi connectivity index (χ1v) is 7.07. The van der Waals surface area contributed by atoms with Gasteiger partial charge >= 0.3 is 0 Å². The fourth-order valence-corrected chi connectivity index (χ4v) is 2.29. The van der Waals surface area contributed by atoms with Crippen molar-refractivity contribution in [2.45, 2.75) is 12.8 Å². The summed E-state index contributed by atoms with van der Waals surface area (Å²) in [6.07, 6.45) is 0. The second kappa shape index (κ2) is 6.05. The molecule has 0 spiro atoms. The van der Waals surface area contributed by atoms with E-state index in [4.69, 9.17) is 9.47 Å². The van der Waals surface area contributed by atoms with Gasteiger partial charge < -0.3 is 14.8 Å². The lowest BCUT2D eigenvalue weighted by Gasteiger charge is -2.13. The van der Waals surface area contributed by atoms with Crippen LogP contribution >= 0.6 is 0 Å². The van der Waals surface area contributed by atoms with Gasteiger partial charge in [0.2, 0.25) is 6.79 Å². The van der Waals surface area contributed by atoms with Gasteiger partial charge in [0.05, 0.1) is 0 Å². The van der Waals surface area contributed by atoms with Gasteiger partial charge in [-0.25, -0.2) is 4.39 Å². The normalized spacial score (nSPS) is 13.7. The third-order valence-corrected chi connectivity index (χ3v) is 3.64. The van der Waals surface area contributed by atoms with Crippen molar-refractivity contribution >= 4 is 5.91 Å². The van der Waals surface area contributed by atoms with Crippen molar-refractivity contribution in [3.05, 3.63) is 59.4 Å². The molecule has 1 N–H and O–H groups in total. The van der Waals surface area contributed by atoms with E-state index >= 15 is 0 Å². The van der Waals surface area contributed by atoms with Crippen molar-refractivity contribution in [2.24, 2.45) is 0 Å². The summed E-state index contributed by atoms with van der Waals surface area (Å²) in [5.74, 6) is 0.890. The number of rotatable bonds is 4. The number of amides is 1. The highest BCUT2D eigenvalue weighted by atomic mass is 19.1. The smallest absolute Gasteiger partial charge is 0.251 e. The topological polar surface area (TPSA) is 47.6 Å². The summed E-state index contributed by atoms with van der Waals surface area (Å²) in [4.78, 5) is 12.2. The minimum atomic E-state index is -0.264. The molecular weight excluding hydrogens is 285 g/mol. The van der Waals surface area contributed by atoms with Crippen LogP contribution in [0.5, 0.6) is 11.5 Å². The van der Waals surface area contributed by atoms with Gasteiger partial charge in [-0.1, -0.05) is 19.1 Å². The average Bonchev–Trinajstić information content (AvgIpc) is 3.00. The van der Waals surface area contributed by atoms with Crippen molar-refractivity contribution in [3.8, 4) is 11.5 Å². The van der Waals surface area contributed by atoms with Gasteiger partial charge in [0.25, 0.3) is 5.91 Å². The van der Waals surface area contributed by atoms with Crippen LogP contribution in [-0.4, -0.2) is 19.2 Å². The number of carbonyl (C=O) groups excluding carboxylic acids is 1.